The topological polar surface area (TPSA) is 45.7 Å². The lowest BCUT2D eigenvalue weighted by atomic mass is 9.90. The van der Waals surface area contributed by atoms with E-state index in [1.807, 2.05) is 24.3 Å². The van der Waals surface area contributed by atoms with Crippen molar-refractivity contribution in [2.24, 2.45) is 5.92 Å². The summed E-state index contributed by atoms with van der Waals surface area (Å²) in [7, 11) is 3.81. The van der Waals surface area contributed by atoms with Crippen molar-refractivity contribution >= 4 is 5.91 Å². The second kappa shape index (κ2) is 8.95. The van der Waals surface area contributed by atoms with Crippen LogP contribution in [0.25, 0.3) is 11.3 Å². The van der Waals surface area contributed by atoms with Crippen molar-refractivity contribution in [3.63, 3.8) is 0 Å². The van der Waals surface area contributed by atoms with Crippen LogP contribution in [-0.4, -0.2) is 61.0 Å². The minimum atomic E-state index is 0.198. The maximum atomic E-state index is 13.1. The molecule has 0 saturated carbocycles. The number of methoxy groups -OCH3 is 1. The highest BCUT2D eigenvalue weighted by Crippen LogP contribution is 2.30. The molecule has 2 aliphatic rings. The van der Waals surface area contributed by atoms with E-state index in [0.717, 1.165) is 74.6 Å². The molecule has 1 amide bonds. The molecule has 2 aromatic rings. The number of ether oxygens (including phenoxy) is 1. The summed E-state index contributed by atoms with van der Waals surface area (Å²) in [6.45, 7) is 3.74. The summed E-state index contributed by atoms with van der Waals surface area (Å²) < 4.78 is 5.25. The van der Waals surface area contributed by atoms with Crippen molar-refractivity contribution in [3.05, 3.63) is 48.2 Å². The average molecular weight is 394 g/mol. The van der Waals surface area contributed by atoms with E-state index >= 15 is 0 Å². The second-order valence-corrected chi connectivity index (χ2v) is 8.38. The first kappa shape index (κ1) is 19.9. The van der Waals surface area contributed by atoms with Gasteiger partial charge in [-0.15, -0.1) is 0 Å². The van der Waals surface area contributed by atoms with E-state index in [4.69, 9.17) is 9.72 Å². The molecule has 2 aliphatic heterocycles. The quantitative estimate of drug-likeness (QED) is 0.793. The summed E-state index contributed by atoms with van der Waals surface area (Å²) in [5.74, 6) is 1.72. The number of amides is 1. The third-order valence-electron chi connectivity index (χ3n) is 6.38. The number of likely N-dealkylation sites (tertiary alicyclic amines) is 2. The number of piperidine rings is 2. The zero-order chi connectivity index (χ0) is 20.2. The van der Waals surface area contributed by atoms with E-state index in [9.17, 15) is 4.79 Å². The molecule has 1 atom stereocenters. The van der Waals surface area contributed by atoms with Gasteiger partial charge >= 0.3 is 0 Å². The van der Waals surface area contributed by atoms with Crippen LogP contribution < -0.4 is 4.74 Å². The van der Waals surface area contributed by atoms with Gasteiger partial charge in [-0.05, 0) is 82.2 Å². The van der Waals surface area contributed by atoms with E-state index in [0.29, 0.717) is 11.8 Å². The SMILES string of the molecule is COc1ccc(-c2cccc([C@@H]3CCCN(C(=O)C4CCN(C)CC4)C3)n2)cc1. The number of hydrogen-bond acceptors (Lipinski definition) is 4. The molecular weight excluding hydrogens is 362 g/mol. The van der Waals surface area contributed by atoms with Crippen LogP contribution in [0.4, 0.5) is 0 Å². The van der Waals surface area contributed by atoms with Gasteiger partial charge in [0.2, 0.25) is 5.91 Å². The molecule has 1 aromatic carbocycles. The summed E-state index contributed by atoms with van der Waals surface area (Å²) in [4.78, 5) is 22.4. The highest BCUT2D eigenvalue weighted by Gasteiger charge is 2.31. The van der Waals surface area contributed by atoms with Crippen LogP contribution in [0.3, 0.4) is 0 Å². The number of carbonyl (C=O) groups excluding carboxylic acids is 1. The Balaban J connectivity index is 1.46. The van der Waals surface area contributed by atoms with E-state index in [2.05, 4.69) is 35.0 Å². The molecule has 5 heteroatoms. The van der Waals surface area contributed by atoms with Gasteiger partial charge in [0.05, 0.1) is 12.8 Å². The van der Waals surface area contributed by atoms with Crippen LogP contribution in [0.2, 0.25) is 0 Å². The van der Waals surface area contributed by atoms with E-state index < -0.39 is 0 Å². The van der Waals surface area contributed by atoms with Crippen molar-refractivity contribution in [2.45, 2.75) is 31.6 Å². The molecule has 0 unspecified atom stereocenters. The molecule has 2 saturated heterocycles. The van der Waals surface area contributed by atoms with Gasteiger partial charge in [-0.2, -0.15) is 0 Å². The van der Waals surface area contributed by atoms with Gasteiger partial charge in [0.25, 0.3) is 0 Å². The van der Waals surface area contributed by atoms with E-state index in [1.54, 1.807) is 7.11 Å². The second-order valence-electron chi connectivity index (χ2n) is 8.38. The minimum Gasteiger partial charge on any atom is -0.497 e. The number of carbonyl (C=O) groups is 1. The van der Waals surface area contributed by atoms with E-state index in [-0.39, 0.29) is 5.92 Å². The van der Waals surface area contributed by atoms with Crippen molar-refractivity contribution < 1.29 is 9.53 Å². The minimum absolute atomic E-state index is 0.198. The Kier molecular flexibility index (Phi) is 6.14. The average Bonchev–Trinajstić information content (AvgIpc) is 2.79. The predicted octanol–water partition coefficient (Wildman–Crippen LogP) is 3.81. The van der Waals surface area contributed by atoms with Gasteiger partial charge in [0, 0.05) is 36.2 Å². The highest BCUT2D eigenvalue weighted by atomic mass is 16.5. The number of hydrogen-bond donors (Lipinski definition) is 0. The van der Waals surface area contributed by atoms with Crippen LogP contribution in [0.1, 0.15) is 37.3 Å². The Morgan fingerprint density at radius 2 is 1.79 bits per heavy atom. The van der Waals surface area contributed by atoms with Gasteiger partial charge < -0.3 is 14.5 Å². The van der Waals surface area contributed by atoms with Crippen LogP contribution >= 0.6 is 0 Å². The molecular formula is C24H31N3O2. The molecule has 5 nitrogen and oxygen atoms in total. The molecule has 3 heterocycles. The Morgan fingerprint density at radius 1 is 1.03 bits per heavy atom. The largest absolute Gasteiger partial charge is 0.497 e. The summed E-state index contributed by atoms with van der Waals surface area (Å²) in [5.41, 5.74) is 3.16. The first-order chi connectivity index (χ1) is 14.1. The van der Waals surface area contributed by atoms with Gasteiger partial charge in [-0.25, -0.2) is 0 Å². The zero-order valence-electron chi connectivity index (χ0n) is 17.5. The monoisotopic (exact) mass is 393 g/mol. The lowest BCUT2D eigenvalue weighted by Gasteiger charge is -2.37. The first-order valence-corrected chi connectivity index (χ1v) is 10.7. The van der Waals surface area contributed by atoms with Crippen molar-refractivity contribution in [2.75, 3.05) is 40.3 Å². The summed E-state index contributed by atoms with van der Waals surface area (Å²) in [6.07, 6.45) is 4.12. The van der Waals surface area contributed by atoms with Crippen molar-refractivity contribution in [1.82, 2.24) is 14.8 Å². The zero-order valence-corrected chi connectivity index (χ0v) is 17.5. The molecule has 0 N–H and O–H groups in total. The number of benzene rings is 1. The molecule has 2 fully saturated rings. The molecule has 0 radical (unpaired) electrons. The molecule has 154 valence electrons. The maximum Gasteiger partial charge on any atom is 0.225 e. The van der Waals surface area contributed by atoms with E-state index in [1.165, 1.54) is 0 Å². The third-order valence-corrected chi connectivity index (χ3v) is 6.38. The third kappa shape index (κ3) is 4.61. The normalized spacial score (nSPS) is 21.2. The standard InChI is InChI=1S/C24H31N3O2/c1-26-15-12-19(13-16-26)24(28)27-14-4-5-20(17-27)23-7-3-6-22(25-23)18-8-10-21(29-2)11-9-18/h3,6-11,19-20H,4-5,12-17H2,1-2H3/t20-/m1/s1. The Labute approximate surface area is 173 Å². The van der Waals surface area contributed by atoms with Crippen molar-refractivity contribution in [3.8, 4) is 17.0 Å². The fourth-order valence-corrected chi connectivity index (χ4v) is 4.53. The fraction of sp³-hybridized carbons (Fsp3) is 0.500. The lowest BCUT2D eigenvalue weighted by Crippen LogP contribution is -2.45. The number of nitrogens with zero attached hydrogens (tertiary/aromatic N) is 3. The summed E-state index contributed by atoms with van der Waals surface area (Å²) >= 11 is 0. The van der Waals surface area contributed by atoms with Crippen LogP contribution in [0.5, 0.6) is 5.75 Å². The van der Waals surface area contributed by atoms with Gasteiger partial charge in [-0.3, -0.25) is 9.78 Å². The van der Waals surface area contributed by atoms with Crippen LogP contribution in [0.15, 0.2) is 42.5 Å². The maximum absolute atomic E-state index is 13.1. The molecule has 29 heavy (non-hydrogen) atoms. The fourth-order valence-electron chi connectivity index (χ4n) is 4.53. The molecule has 0 spiro atoms. The van der Waals surface area contributed by atoms with Crippen LogP contribution in [-0.2, 0) is 4.79 Å². The summed E-state index contributed by atoms with van der Waals surface area (Å²) in [5, 5.41) is 0. The molecule has 0 aliphatic carbocycles. The summed E-state index contributed by atoms with van der Waals surface area (Å²) in [6, 6.07) is 14.3. The Morgan fingerprint density at radius 3 is 2.52 bits per heavy atom. The Hall–Kier alpha value is -2.40. The molecule has 0 bridgehead atoms. The van der Waals surface area contributed by atoms with Gasteiger partial charge in [0.1, 0.15) is 5.75 Å². The smallest absolute Gasteiger partial charge is 0.225 e. The van der Waals surface area contributed by atoms with Gasteiger partial charge in [-0.1, -0.05) is 6.07 Å². The molecule has 1 aromatic heterocycles. The number of aromatic nitrogens is 1. The highest BCUT2D eigenvalue weighted by molar-refractivity contribution is 5.79. The van der Waals surface area contributed by atoms with Crippen LogP contribution in [0, 0.1) is 5.92 Å². The number of rotatable bonds is 4. The molecule has 4 rings (SSSR count). The van der Waals surface area contributed by atoms with Crippen molar-refractivity contribution in [1.29, 1.82) is 0 Å². The van der Waals surface area contributed by atoms with Gasteiger partial charge in [0.15, 0.2) is 0 Å². The predicted molar refractivity (Wildman–Crippen MR) is 115 cm³/mol. The number of pyridine rings is 1. The lowest BCUT2D eigenvalue weighted by molar-refractivity contribution is -0.138. The first-order valence-electron chi connectivity index (χ1n) is 10.7. The Bertz CT molecular complexity index is 828.